The van der Waals surface area contributed by atoms with Gasteiger partial charge in [0.25, 0.3) is 0 Å². The normalized spacial score (nSPS) is 11.9. The molecule has 0 unspecified atom stereocenters. The number of carbonyl (C=O) groups excluding carboxylic acids is 1. The lowest BCUT2D eigenvalue weighted by molar-refractivity contribution is -0.147. The maximum absolute atomic E-state index is 12.8. The van der Waals surface area contributed by atoms with Gasteiger partial charge in [0.15, 0.2) is 0 Å². The molecule has 0 bridgehead atoms. The van der Waals surface area contributed by atoms with E-state index in [0.29, 0.717) is 9.25 Å². The second-order valence-corrected chi connectivity index (χ2v) is 6.20. The molecule has 0 spiro atoms. The topological polar surface area (TPSA) is 73.8 Å². The molecule has 0 fully saturated rings. The number of halogens is 3. The van der Waals surface area contributed by atoms with Crippen LogP contribution in [0.15, 0.2) is 35.3 Å². The third-order valence-corrected chi connectivity index (χ3v) is 4.27. The number of hydrogen-bond acceptors (Lipinski definition) is 3. The van der Waals surface area contributed by atoms with E-state index < -0.39 is 17.7 Å². The van der Waals surface area contributed by atoms with Crippen molar-refractivity contribution in [2.75, 3.05) is 6.54 Å². The molecule has 1 aromatic carbocycles. The highest BCUT2D eigenvalue weighted by Crippen LogP contribution is 2.26. The lowest BCUT2D eigenvalue weighted by Gasteiger charge is -2.04. The van der Waals surface area contributed by atoms with Crippen LogP contribution in [0, 0.1) is 0 Å². The number of amides is 1. The molecule has 0 aliphatic heterocycles. The smallest absolute Gasteiger partial charge is 0.354 e. The monoisotopic (exact) mass is 381 g/mol. The number of hydrogen-bond donors (Lipinski definition) is 1. The van der Waals surface area contributed by atoms with Gasteiger partial charge in [-0.1, -0.05) is 18.2 Å². The average molecular weight is 381 g/mol. The molecule has 144 valence electrons. The maximum atomic E-state index is 12.8. The van der Waals surface area contributed by atoms with Crippen LogP contribution in [0.2, 0.25) is 0 Å². The lowest BCUT2D eigenvalue weighted by atomic mass is 10.1. The van der Waals surface area contributed by atoms with Crippen LogP contribution >= 0.6 is 0 Å². The van der Waals surface area contributed by atoms with Gasteiger partial charge < -0.3 is 9.88 Å². The molecule has 3 rings (SSSR count). The van der Waals surface area contributed by atoms with Crippen molar-refractivity contribution in [3.05, 3.63) is 52.3 Å². The molecular weight excluding hydrogens is 363 g/mol. The molecule has 1 amide bonds. The molecule has 10 heteroatoms. The molecule has 0 saturated carbocycles. The van der Waals surface area contributed by atoms with Gasteiger partial charge in [-0.15, -0.1) is 5.10 Å². The van der Waals surface area contributed by atoms with E-state index in [0.717, 1.165) is 23.5 Å². The number of alkyl halides is 3. The highest BCUT2D eigenvalue weighted by Gasteiger charge is 2.37. The Bertz CT molecular complexity index is 1050. The second-order valence-electron chi connectivity index (χ2n) is 6.20. The summed E-state index contributed by atoms with van der Waals surface area (Å²) in [5.74, 6) is -1.55. The number of nitrogens with zero attached hydrogens (tertiary/aromatic N) is 4. The number of aryl methyl sites for hydroxylation is 1. The largest absolute Gasteiger partial charge is 0.451 e. The van der Waals surface area contributed by atoms with Gasteiger partial charge in [-0.2, -0.15) is 13.2 Å². The SMILES string of the molecule is Cn1c(C(F)(F)F)nn(CCNC(=O)Cc2cn(C)c3ccccc23)c1=O. The number of nitrogens with one attached hydrogen (secondary N) is 1. The van der Waals surface area contributed by atoms with E-state index in [1.165, 1.54) is 0 Å². The molecule has 0 radical (unpaired) electrons. The van der Waals surface area contributed by atoms with Gasteiger partial charge in [0, 0.05) is 37.7 Å². The number of rotatable bonds is 5. The van der Waals surface area contributed by atoms with Gasteiger partial charge in [0.05, 0.1) is 13.0 Å². The number of benzene rings is 1. The molecule has 2 aromatic heterocycles. The summed E-state index contributed by atoms with van der Waals surface area (Å²) in [5, 5.41) is 6.87. The first-order chi connectivity index (χ1) is 12.7. The van der Waals surface area contributed by atoms with E-state index in [4.69, 9.17) is 0 Å². The Kier molecular flexibility index (Phi) is 4.81. The fourth-order valence-corrected chi connectivity index (χ4v) is 2.98. The fraction of sp³-hybridized carbons (Fsp3) is 0.353. The summed E-state index contributed by atoms with van der Waals surface area (Å²) in [4.78, 5) is 24.0. The van der Waals surface area contributed by atoms with Crippen molar-refractivity contribution in [1.82, 2.24) is 24.2 Å². The molecule has 0 atom stereocenters. The Morgan fingerprint density at radius 1 is 1.22 bits per heavy atom. The summed E-state index contributed by atoms with van der Waals surface area (Å²) in [6, 6.07) is 7.66. The minimum Gasteiger partial charge on any atom is -0.354 e. The molecule has 0 saturated heterocycles. The van der Waals surface area contributed by atoms with Crippen LogP contribution in [0.5, 0.6) is 0 Å². The van der Waals surface area contributed by atoms with Crippen LogP contribution in [-0.2, 0) is 38.0 Å². The van der Waals surface area contributed by atoms with Crippen LogP contribution in [-0.4, -0.2) is 31.4 Å². The minimum absolute atomic E-state index is 0.00217. The van der Waals surface area contributed by atoms with Crippen molar-refractivity contribution in [2.45, 2.75) is 19.1 Å². The van der Waals surface area contributed by atoms with Gasteiger partial charge in [0.2, 0.25) is 11.7 Å². The van der Waals surface area contributed by atoms with Crippen LogP contribution < -0.4 is 11.0 Å². The van der Waals surface area contributed by atoms with Crippen molar-refractivity contribution in [1.29, 1.82) is 0 Å². The Labute approximate surface area is 152 Å². The van der Waals surface area contributed by atoms with Gasteiger partial charge >= 0.3 is 11.9 Å². The molecule has 2 heterocycles. The predicted octanol–water partition coefficient (Wildman–Crippen LogP) is 1.45. The first-order valence-electron chi connectivity index (χ1n) is 8.19. The summed E-state index contributed by atoms with van der Waals surface area (Å²) >= 11 is 0. The zero-order valence-corrected chi connectivity index (χ0v) is 14.7. The summed E-state index contributed by atoms with van der Waals surface area (Å²) in [7, 11) is 2.89. The molecule has 0 aliphatic rings. The molecule has 27 heavy (non-hydrogen) atoms. The molecular formula is C17H18F3N5O2. The van der Waals surface area contributed by atoms with E-state index in [9.17, 15) is 22.8 Å². The van der Waals surface area contributed by atoms with E-state index in [1.54, 1.807) is 0 Å². The Hall–Kier alpha value is -3.04. The summed E-state index contributed by atoms with van der Waals surface area (Å²) in [6.45, 7) is -0.151. The van der Waals surface area contributed by atoms with Crippen LogP contribution in [0.1, 0.15) is 11.4 Å². The minimum atomic E-state index is -4.71. The van der Waals surface area contributed by atoms with E-state index in [1.807, 2.05) is 42.1 Å². The number of aromatic nitrogens is 4. The lowest BCUT2D eigenvalue weighted by Crippen LogP contribution is -2.32. The van der Waals surface area contributed by atoms with Crippen molar-refractivity contribution >= 4 is 16.8 Å². The number of fused-ring (bicyclic) bond motifs is 1. The molecule has 3 aromatic rings. The Morgan fingerprint density at radius 2 is 1.93 bits per heavy atom. The molecule has 7 nitrogen and oxygen atoms in total. The van der Waals surface area contributed by atoms with Gasteiger partial charge in [-0.25, -0.2) is 9.48 Å². The number of carbonyl (C=O) groups is 1. The highest BCUT2D eigenvalue weighted by atomic mass is 19.4. The maximum Gasteiger partial charge on any atom is 0.451 e. The average Bonchev–Trinajstić information content (AvgIpc) is 3.06. The van der Waals surface area contributed by atoms with Gasteiger partial charge in [-0.3, -0.25) is 9.36 Å². The quantitative estimate of drug-likeness (QED) is 0.727. The zero-order chi connectivity index (χ0) is 19.8. The van der Waals surface area contributed by atoms with E-state index >= 15 is 0 Å². The van der Waals surface area contributed by atoms with Crippen molar-refractivity contribution in [3.63, 3.8) is 0 Å². The van der Waals surface area contributed by atoms with Crippen LogP contribution in [0.4, 0.5) is 13.2 Å². The third-order valence-electron chi connectivity index (χ3n) is 4.27. The predicted molar refractivity (Wildman–Crippen MR) is 92.1 cm³/mol. The summed E-state index contributed by atoms with van der Waals surface area (Å²) < 4.78 is 41.3. The van der Waals surface area contributed by atoms with E-state index in [2.05, 4.69) is 10.4 Å². The van der Waals surface area contributed by atoms with Gasteiger partial charge in [0.1, 0.15) is 0 Å². The zero-order valence-electron chi connectivity index (χ0n) is 14.7. The van der Waals surface area contributed by atoms with E-state index in [-0.39, 0.29) is 25.4 Å². The first-order valence-corrected chi connectivity index (χ1v) is 8.19. The van der Waals surface area contributed by atoms with Crippen LogP contribution in [0.25, 0.3) is 10.9 Å². The number of para-hydroxylation sites is 1. The summed E-state index contributed by atoms with van der Waals surface area (Å²) in [5.41, 5.74) is 0.964. The fourth-order valence-electron chi connectivity index (χ4n) is 2.98. The van der Waals surface area contributed by atoms with Crippen molar-refractivity contribution in [3.8, 4) is 0 Å². The highest BCUT2D eigenvalue weighted by molar-refractivity contribution is 5.89. The van der Waals surface area contributed by atoms with Crippen molar-refractivity contribution in [2.24, 2.45) is 14.1 Å². The standard InChI is InChI=1S/C17H18F3N5O2/c1-23-10-11(12-5-3-4-6-13(12)23)9-14(26)21-7-8-25-16(27)24(2)15(22-25)17(18,19)20/h3-6,10H,7-9H2,1-2H3,(H,21,26). The molecule has 1 N–H and O–H groups in total. The summed E-state index contributed by atoms with van der Waals surface area (Å²) in [6.07, 6.45) is -2.72. The molecule has 0 aliphatic carbocycles. The second kappa shape index (κ2) is 6.93. The Morgan fingerprint density at radius 3 is 2.59 bits per heavy atom. The van der Waals surface area contributed by atoms with Crippen LogP contribution in [0.3, 0.4) is 0 Å². The van der Waals surface area contributed by atoms with Gasteiger partial charge in [-0.05, 0) is 11.6 Å². The third kappa shape index (κ3) is 3.74. The van der Waals surface area contributed by atoms with Crippen molar-refractivity contribution < 1.29 is 18.0 Å². The first kappa shape index (κ1) is 18.7. The Balaban J connectivity index is 1.63.